The van der Waals surface area contributed by atoms with Gasteiger partial charge in [0.25, 0.3) is 0 Å². The third-order valence-corrected chi connectivity index (χ3v) is 4.49. The number of para-hydroxylation sites is 1. The van der Waals surface area contributed by atoms with Crippen molar-refractivity contribution in [3.63, 3.8) is 0 Å². The quantitative estimate of drug-likeness (QED) is 0.677. The molecule has 0 bridgehead atoms. The Hall–Kier alpha value is -3.04. The van der Waals surface area contributed by atoms with Gasteiger partial charge in [0.1, 0.15) is 28.9 Å². The van der Waals surface area contributed by atoms with Crippen LogP contribution in [0.3, 0.4) is 0 Å². The highest BCUT2D eigenvalue weighted by molar-refractivity contribution is 9.10. The van der Waals surface area contributed by atoms with Crippen molar-refractivity contribution in [2.45, 2.75) is 0 Å². The van der Waals surface area contributed by atoms with Crippen LogP contribution >= 0.6 is 15.9 Å². The van der Waals surface area contributed by atoms with Gasteiger partial charge in [-0.15, -0.1) is 0 Å². The summed E-state index contributed by atoms with van der Waals surface area (Å²) in [4.78, 5) is 4.41. The number of ether oxygens (including phenoxy) is 2. The Labute approximate surface area is 160 Å². The van der Waals surface area contributed by atoms with Crippen LogP contribution in [-0.4, -0.2) is 19.2 Å². The van der Waals surface area contributed by atoms with Crippen molar-refractivity contribution in [2.75, 3.05) is 20.0 Å². The van der Waals surface area contributed by atoms with E-state index in [1.807, 2.05) is 48.5 Å². The number of nitrogens with zero attached hydrogens (tertiary/aromatic N) is 2. The summed E-state index contributed by atoms with van der Waals surface area (Å²) in [6, 6.07) is 17.1. The molecule has 0 atom stereocenters. The molecular weight excluding hydrogens is 394 g/mol. The van der Waals surface area contributed by atoms with E-state index in [-0.39, 0.29) is 5.82 Å². The van der Waals surface area contributed by atoms with Crippen molar-refractivity contribution in [1.29, 1.82) is 5.26 Å². The normalized spacial score (nSPS) is 10.2. The minimum absolute atomic E-state index is 0.160. The summed E-state index contributed by atoms with van der Waals surface area (Å²) in [5.41, 5.74) is 9.23. The molecule has 1 heterocycles. The van der Waals surface area contributed by atoms with Gasteiger partial charge in [-0.1, -0.05) is 28.1 Å². The summed E-state index contributed by atoms with van der Waals surface area (Å²) in [7, 11) is 3.19. The molecule has 3 rings (SSSR count). The molecule has 6 heteroatoms. The molecule has 0 unspecified atom stereocenters. The van der Waals surface area contributed by atoms with Crippen molar-refractivity contribution in [2.24, 2.45) is 0 Å². The molecule has 0 radical (unpaired) electrons. The van der Waals surface area contributed by atoms with E-state index >= 15 is 0 Å². The minimum Gasteiger partial charge on any atom is -0.496 e. The number of pyridine rings is 1. The third-order valence-electron chi connectivity index (χ3n) is 3.99. The molecule has 0 amide bonds. The number of rotatable bonds is 4. The van der Waals surface area contributed by atoms with E-state index in [2.05, 4.69) is 27.0 Å². The zero-order chi connectivity index (χ0) is 18.7. The van der Waals surface area contributed by atoms with Crippen LogP contribution in [0.5, 0.6) is 11.5 Å². The van der Waals surface area contributed by atoms with Crippen LogP contribution < -0.4 is 15.2 Å². The van der Waals surface area contributed by atoms with Gasteiger partial charge in [0.15, 0.2) is 0 Å². The maximum Gasteiger partial charge on any atom is 0.142 e. The number of hydrogen-bond acceptors (Lipinski definition) is 5. The lowest BCUT2D eigenvalue weighted by molar-refractivity contribution is 0.416. The molecular formula is C20H16BrN3O2. The Morgan fingerprint density at radius 2 is 1.65 bits per heavy atom. The summed E-state index contributed by atoms with van der Waals surface area (Å²) in [5.74, 6) is 1.48. The van der Waals surface area contributed by atoms with Gasteiger partial charge in [-0.3, -0.25) is 0 Å². The molecule has 26 heavy (non-hydrogen) atoms. The highest BCUT2D eigenvalue weighted by Gasteiger charge is 2.18. The van der Waals surface area contributed by atoms with E-state index < -0.39 is 0 Å². The first-order chi connectivity index (χ1) is 12.6. The van der Waals surface area contributed by atoms with E-state index in [9.17, 15) is 5.26 Å². The molecule has 130 valence electrons. The van der Waals surface area contributed by atoms with E-state index in [4.69, 9.17) is 15.2 Å². The van der Waals surface area contributed by atoms with E-state index in [1.165, 1.54) is 0 Å². The predicted octanol–water partition coefficient (Wildman–Crippen LogP) is 4.65. The van der Waals surface area contributed by atoms with Gasteiger partial charge in [0.2, 0.25) is 0 Å². The lowest BCUT2D eigenvalue weighted by atomic mass is 9.97. The van der Waals surface area contributed by atoms with Crippen molar-refractivity contribution >= 4 is 21.7 Å². The van der Waals surface area contributed by atoms with Gasteiger partial charge < -0.3 is 15.2 Å². The molecule has 0 saturated heterocycles. The first-order valence-electron chi connectivity index (χ1n) is 7.77. The summed E-state index contributed by atoms with van der Waals surface area (Å²) in [6.07, 6.45) is 0. The molecule has 0 aliphatic heterocycles. The van der Waals surface area contributed by atoms with E-state index in [1.54, 1.807) is 14.2 Å². The number of hydrogen-bond donors (Lipinski definition) is 1. The van der Waals surface area contributed by atoms with Crippen LogP contribution in [0.25, 0.3) is 22.4 Å². The first kappa shape index (κ1) is 17.8. The van der Waals surface area contributed by atoms with Crippen LogP contribution in [0.15, 0.2) is 53.0 Å². The van der Waals surface area contributed by atoms with Gasteiger partial charge in [-0.2, -0.15) is 5.26 Å². The van der Waals surface area contributed by atoms with Gasteiger partial charge >= 0.3 is 0 Å². The number of nitrogen functional groups attached to an aromatic ring is 1. The predicted molar refractivity (Wildman–Crippen MR) is 105 cm³/mol. The second-order valence-electron chi connectivity index (χ2n) is 5.47. The highest BCUT2D eigenvalue weighted by Crippen LogP contribution is 2.39. The van der Waals surface area contributed by atoms with Crippen molar-refractivity contribution in [1.82, 2.24) is 4.98 Å². The van der Waals surface area contributed by atoms with Crippen molar-refractivity contribution in [3.8, 4) is 40.0 Å². The molecule has 0 aliphatic rings. The Morgan fingerprint density at radius 3 is 2.35 bits per heavy atom. The molecule has 0 fully saturated rings. The van der Waals surface area contributed by atoms with Crippen molar-refractivity contribution < 1.29 is 9.47 Å². The maximum atomic E-state index is 9.61. The van der Waals surface area contributed by atoms with Crippen molar-refractivity contribution in [3.05, 3.63) is 58.6 Å². The Bertz CT molecular complexity index is 1010. The van der Waals surface area contributed by atoms with E-state index in [0.717, 1.165) is 15.6 Å². The zero-order valence-electron chi connectivity index (χ0n) is 14.3. The Balaban J connectivity index is 2.31. The number of benzene rings is 2. The topological polar surface area (TPSA) is 81.2 Å². The second-order valence-corrected chi connectivity index (χ2v) is 6.39. The monoisotopic (exact) mass is 409 g/mol. The molecule has 0 spiro atoms. The number of nitriles is 1. The molecule has 0 saturated carbocycles. The van der Waals surface area contributed by atoms with E-state index in [0.29, 0.717) is 28.3 Å². The zero-order valence-corrected chi connectivity index (χ0v) is 15.9. The Morgan fingerprint density at radius 1 is 0.962 bits per heavy atom. The smallest absolute Gasteiger partial charge is 0.142 e. The van der Waals surface area contributed by atoms with Crippen LogP contribution in [-0.2, 0) is 0 Å². The molecule has 2 aromatic carbocycles. The fourth-order valence-corrected chi connectivity index (χ4v) is 3.14. The molecule has 1 aromatic heterocycles. The highest BCUT2D eigenvalue weighted by atomic mass is 79.9. The van der Waals surface area contributed by atoms with Gasteiger partial charge in [0.05, 0.1) is 19.9 Å². The number of methoxy groups -OCH3 is 2. The van der Waals surface area contributed by atoms with Gasteiger partial charge in [-0.05, 0) is 36.4 Å². The number of halogens is 1. The van der Waals surface area contributed by atoms with Crippen LogP contribution in [0.1, 0.15) is 5.56 Å². The lowest BCUT2D eigenvalue weighted by Gasteiger charge is -2.14. The number of anilines is 1. The molecule has 2 N–H and O–H groups in total. The van der Waals surface area contributed by atoms with Crippen LogP contribution in [0, 0.1) is 11.3 Å². The summed E-state index contributed by atoms with van der Waals surface area (Å²) >= 11 is 3.47. The fraction of sp³-hybridized carbons (Fsp3) is 0.100. The first-order valence-corrected chi connectivity index (χ1v) is 8.56. The second kappa shape index (κ2) is 7.46. The lowest BCUT2D eigenvalue weighted by Crippen LogP contribution is -2.01. The van der Waals surface area contributed by atoms with Crippen LogP contribution in [0.2, 0.25) is 0 Å². The van der Waals surface area contributed by atoms with Crippen LogP contribution in [0.4, 0.5) is 5.82 Å². The average molecular weight is 410 g/mol. The minimum atomic E-state index is 0.160. The summed E-state index contributed by atoms with van der Waals surface area (Å²) in [5, 5.41) is 9.61. The number of nitrogens with two attached hydrogens (primary N) is 1. The fourth-order valence-electron chi connectivity index (χ4n) is 2.78. The van der Waals surface area contributed by atoms with Gasteiger partial charge in [0, 0.05) is 21.2 Å². The van der Waals surface area contributed by atoms with Gasteiger partial charge in [-0.25, -0.2) is 4.98 Å². The summed E-state index contributed by atoms with van der Waals surface area (Å²) < 4.78 is 11.8. The molecule has 0 aliphatic carbocycles. The maximum absolute atomic E-state index is 9.61. The SMILES string of the molecule is COc1ccccc1-c1cc(-c2cc(Br)ccc2OC)c(C#N)c(N)n1. The third kappa shape index (κ3) is 3.22. The Kier molecular flexibility index (Phi) is 5.10. The molecule has 5 nitrogen and oxygen atoms in total. The largest absolute Gasteiger partial charge is 0.496 e. The molecule has 3 aromatic rings. The summed E-state index contributed by atoms with van der Waals surface area (Å²) in [6.45, 7) is 0. The average Bonchev–Trinajstić information content (AvgIpc) is 2.67. The standard InChI is InChI=1S/C20H16BrN3O2/c1-25-18-6-4-3-5-13(18)17-10-14(16(11-22)20(23)24-17)15-9-12(21)7-8-19(15)26-2/h3-10H,1-2H3,(H2,23,24). The number of aromatic nitrogens is 1.